The Hall–Kier alpha value is -1.51. The molecule has 7 heteroatoms. The molecule has 0 spiro atoms. The number of halogens is 1. The molecule has 1 aromatic carbocycles. The highest BCUT2D eigenvalue weighted by atomic mass is 127. The molecule has 2 N–H and O–H groups in total. The molecule has 1 heterocycles. The van der Waals surface area contributed by atoms with Gasteiger partial charge in [-0.1, -0.05) is 31.0 Å². The summed E-state index contributed by atoms with van der Waals surface area (Å²) in [5.41, 5.74) is 0.816. The number of ether oxygens (including phenoxy) is 1. The molecule has 174 valence electrons. The van der Waals surface area contributed by atoms with E-state index in [1.165, 1.54) is 12.8 Å². The van der Waals surface area contributed by atoms with Gasteiger partial charge in [-0.15, -0.1) is 24.0 Å². The summed E-state index contributed by atoms with van der Waals surface area (Å²) >= 11 is 0. The number of carbonyl (C=O) groups is 1. The third-order valence-electron chi connectivity index (χ3n) is 5.69. The number of rotatable bonds is 6. The Morgan fingerprint density at radius 1 is 1.19 bits per heavy atom. The van der Waals surface area contributed by atoms with Gasteiger partial charge in [-0.2, -0.15) is 0 Å². The van der Waals surface area contributed by atoms with Crippen molar-refractivity contribution in [2.45, 2.75) is 78.0 Å². The van der Waals surface area contributed by atoms with E-state index in [0.29, 0.717) is 12.5 Å². The fraction of sp³-hybridized carbons (Fsp3) is 0.667. The van der Waals surface area contributed by atoms with Gasteiger partial charge in [0, 0.05) is 37.2 Å². The Labute approximate surface area is 204 Å². The lowest BCUT2D eigenvalue weighted by molar-refractivity contribution is -0.134. The lowest BCUT2D eigenvalue weighted by atomic mass is 10.1. The topological polar surface area (TPSA) is 66.0 Å². The maximum atomic E-state index is 12.7. The van der Waals surface area contributed by atoms with E-state index in [9.17, 15) is 4.79 Å². The van der Waals surface area contributed by atoms with Crippen LogP contribution in [-0.2, 0) is 11.3 Å². The standard InChI is InChI=1S/C24H38N4O2.HI/c1-5-25-23(26-16-19-12-8-9-13-21(19)30-24(2,3)4)27-20-14-15-28(17-20)22(29)18-10-6-7-11-18;/h8-9,12-13,18,20H,5-7,10-11,14-17H2,1-4H3,(H2,25,26,27);1H. The van der Waals surface area contributed by atoms with Gasteiger partial charge in [0.1, 0.15) is 11.4 Å². The van der Waals surface area contributed by atoms with Gasteiger partial charge in [0.2, 0.25) is 5.91 Å². The number of aliphatic imine (C=N–C) groups is 1. The molecule has 1 amide bonds. The van der Waals surface area contributed by atoms with E-state index < -0.39 is 0 Å². The summed E-state index contributed by atoms with van der Waals surface area (Å²) < 4.78 is 6.09. The minimum Gasteiger partial charge on any atom is -0.488 e. The van der Waals surface area contributed by atoms with Crippen LogP contribution in [0.1, 0.15) is 65.4 Å². The Balaban J connectivity index is 0.00000341. The molecule has 6 nitrogen and oxygen atoms in total. The van der Waals surface area contributed by atoms with Crippen LogP contribution in [0.25, 0.3) is 0 Å². The van der Waals surface area contributed by atoms with Crippen LogP contribution in [0.5, 0.6) is 5.75 Å². The highest BCUT2D eigenvalue weighted by molar-refractivity contribution is 14.0. The molecule has 1 unspecified atom stereocenters. The van der Waals surface area contributed by atoms with E-state index >= 15 is 0 Å². The van der Waals surface area contributed by atoms with Gasteiger partial charge in [0.15, 0.2) is 5.96 Å². The zero-order valence-electron chi connectivity index (χ0n) is 19.4. The summed E-state index contributed by atoms with van der Waals surface area (Å²) in [5.74, 6) is 2.28. The molecule has 1 atom stereocenters. The number of benzene rings is 1. The molecule has 2 fully saturated rings. The number of guanidine groups is 1. The third-order valence-corrected chi connectivity index (χ3v) is 5.69. The molecule has 1 saturated carbocycles. The lowest BCUT2D eigenvalue weighted by Crippen LogP contribution is -2.45. The number of carbonyl (C=O) groups excluding carboxylic acids is 1. The number of nitrogens with zero attached hydrogens (tertiary/aromatic N) is 2. The van der Waals surface area contributed by atoms with E-state index in [0.717, 1.165) is 56.2 Å². The molecule has 1 saturated heterocycles. The van der Waals surface area contributed by atoms with Crippen molar-refractivity contribution >= 4 is 35.8 Å². The average Bonchev–Trinajstić information content (AvgIpc) is 3.38. The van der Waals surface area contributed by atoms with Crippen molar-refractivity contribution in [3.05, 3.63) is 29.8 Å². The SMILES string of the molecule is CCNC(=NCc1ccccc1OC(C)(C)C)NC1CCN(C(=O)C2CCCC2)C1.I. The van der Waals surface area contributed by atoms with Gasteiger partial charge in [-0.25, -0.2) is 4.99 Å². The molecular weight excluding hydrogens is 503 g/mol. The summed E-state index contributed by atoms with van der Waals surface area (Å²) in [7, 11) is 0. The van der Waals surface area contributed by atoms with Crippen molar-refractivity contribution < 1.29 is 9.53 Å². The number of hydrogen-bond acceptors (Lipinski definition) is 3. The number of likely N-dealkylation sites (tertiary alicyclic amines) is 1. The molecular formula is C24H39IN4O2. The fourth-order valence-electron chi connectivity index (χ4n) is 4.25. The van der Waals surface area contributed by atoms with Gasteiger partial charge in [-0.05, 0) is 53.0 Å². The van der Waals surface area contributed by atoms with Crippen molar-refractivity contribution in [2.75, 3.05) is 19.6 Å². The van der Waals surface area contributed by atoms with E-state index in [-0.39, 0.29) is 41.5 Å². The summed E-state index contributed by atoms with van der Waals surface area (Å²) in [6, 6.07) is 8.32. The molecule has 2 aliphatic rings. The predicted molar refractivity (Wildman–Crippen MR) is 137 cm³/mol. The van der Waals surface area contributed by atoms with E-state index in [1.807, 2.05) is 23.1 Å². The second-order valence-corrected chi connectivity index (χ2v) is 9.41. The number of hydrogen-bond donors (Lipinski definition) is 2. The normalized spacial score (nSPS) is 19.8. The first-order valence-electron chi connectivity index (χ1n) is 11.5. The largest absolute Gasteiger partial charge is 0.488 e. The van der Waals surface area contributed by atoms with Gasteiger partial charge in [-0.3, -0.25) is 4.79 Å². The Kier molecular flexibility index (Phi) is 9.90. The van der Waals surface area contributed by atoms with E-state index in [1.54, 1.807) is 0 Å². The van der Waals surface area contributed by atoms with E-state index in [4.69, 9.17) is 9.73 Å². The number of amides is 1. The van der Waals surface area contributed by atoms with Crippen LogP contribution in [0.3, 0.4) is 0 Å². The quantitative estimate of drug-likeness (QED) is 0.319. The molecule has 1 aliphatic carbocycles. The van der Waals surface area contributed by atoms with Crippen molar-refractivity contribution in [1.82, 2.24) is 15.5 Å². The first kappa shape index (κ1) is 25.7. The minimum absolute atomic E-state index is 0. The van der Waals surface area contributed by atoms with Crippen LogP contribution in [0.4, 0.5) is 0 Å². The molecule has 0 radical (unpaired) electrons. The van der Waals surface area contributed by atoms with Gasteiger partial charge >= 0.3 is 0 Å². The molecule has 0 aromatic heterocycles. The second kappa shape index (κ2) is 11.9. The smallest absolute Gasteiger partial charge is 0.225 e. The van der Waals surface area contributed by atoms with Crippen LogP contribution in [0.2, 0.25) is 0 Å². The lowest BCUT2D eigenvalue weighted by Gasteiger charge is -2.23. The van der Waals surface area contributed by atoms with Gasteiger partial charge < -0.3 is 20.3 Å². The van der Waals surface area contributed by atoms with Crippen LogP contribution in [0.15, 0.2) is 29.3 Å². The van der Waals surface area contributed by atoms with Crippen LogP contribution in [-0.4, -0.2) is 48.0 Å². The van der Waals surface area contributed by atoms with Crippen molar-refractivity contribution in [2.24, 2.45) is 10.9 Å². The maximum Gasteiger partial charge on any atom is 0.225 e. The highest BCUT2D eigenvalue weighted by Crippen LogP contribution is 2.28. The zero-order valence-corrected chi connectivity index (χ0v) is 21.8. The van der Waals surface area contributed by atoms with Gasteiger partial charge in [0.25, 0.3) is 0 Å². The second-order valence-electron chi connectivity index (χ2n) is 9.41. The molecule has 0 bridgehead atoms. The van der Waals surface area contributed by atoms with Crippen LogP contribution in [0, 0.1) is 5.92 Å². The Morgan fingerprint density at radius 2 is 1.90 bits per heavy atom. The van der Waals surface area contributed by atoms with Gasteiger partial charge in [0.05, 0.1) is 6.54 Å². The molecule has 3 rings (SSSR count). The summed E-state index contributed by atoms with van der Waals surface area (Å²) in [6.45, 7) is 11.2. The van der Waals surface area contributed by atoms with Crippen LogP contribution < -0.4 is 15.4 Å². The molecule has 31 heavy (non-hydrogen) atoms. The molecule has 1 aliphatic heterocycles. The van der Waals surface area contributed by atoms with Crippen molar-refractivity contribution in [1.29, 1.82) is 0 Å². The Bertz CT molecular complexity index is 741. The third kappa shape index (κ3) is 7.84. The van der Waals surface area contributed by atoms with E-state index in [2.05, 4.69) is 44.4 Å². The summed E-state index contributed by atoms with van der Waals surface area (Å²) in [5, 5.41) is 6.88. The Morgan fingerprint density at radius 3 is 2.58 bits per heavy atom. The fourth-order valence-corrected chi connectivity index (χ4v) is 4.25. The minimum atomic E-state index is -0.248. The number of para-hydroxylation sites is 1. The molecule has 1 aromatic rings. The number of nitrogens with one attached hydrogen (secondary N) is 2. The first-order chi connectivity index (χ1) is 14.4. The zero-order chi connectivity index (χ0) is 21.6. The summed E-state index contributed by atoms with van der Waals surface area (Å²) in [4.78, 5) is 19.5. The summed E-state index contributed by atoms with van der Waals surface area (Å²) in [6.07, 6.45) is 5.49. The van der Waals surface area contributed by atoms with Crippen molar-refractivity contribution in [3.8, 4) is 5.75 Å². The maximum absolute atomic E-state index is 12.7. The monoisotopic (exact) mass is 542 g/mol. The van der Waals surface area contributed by atoms with Crippen molar-refractivity contribution in [3.63, 3.8) is 0 Å². The first-order valence-corrected chi connectivity index (χ1v) is 11.5. The predicted octanol–water partition coefficient (Wildman–Crippen LogP) is 4.33. The van der Waals surface area contributed by atoms with Crippen LogP contribution >= 0.6 is 24.0 Å². The highest BCUT2D eigenvalue weighted by Gasteiger charge is 2.32. The average molecular weight is 543 g/mol.